The lowest BCUT2D eigenvalue weighted by molar-refractivity contribution is -0.159. The molecule has 0 N–H and O–H groups in total. The van der Waals surface area contributed by atoms with E-state index < -0.39 is 12.1 Å². The zero-order valence-corrected chi connectivity index (χ0v) is 15.0. The first-order valence-corrected chi connectivity index (χ1v) is 8.92. The van der Waals surface area contributed by atoms with Crippen LogP contribution in [0.2, 0.25) is 0 Å². The van der Waals surface area contributed by atoms with Gasteiger partial charge in [0.15, 0.2) is 0 Å². The minimum atomic E-state index is -4.67. The third kappa shape index (κ3) is 3.86. The quantitative estimate of drug-likeness (QED) is 0.470. The fourth-order valence-corrected chi connectivity index (χ4v) is 3.41. The summed E-state index contributed by atoms with van der Waals surface area (Å²) in [4.78, 5) is 15.4. The van der Waals surface area contributed by atoms with Crippen molar-refractivity contribution in [2.45, 2.75) is 12.7 Å². The molecule has 0 saturated heterocycles. The molecular weight excluding hydrogens is 391 g/mol. The first-order valence-electron chi connectivity index (χ1n) is 8.10. The predicted molar refractivity (Wildman–Crippen MR) is 96.9 cm³/mol. The van der Waals surface area contributed by atoms with Crippen LogP contribution in [0.15, 0.2) is 65.4 Å². The number of halogens is 3. The van der Waals surface area contributed by atoms with Gasteiger partial charge in [0.2, 0.25) is 5.82 Å². The van der Waals surface area contributed by atoms with E-state index in [-0.39, 0.29) is 5.82 Å². The Kier molecular flexibility index (Phi) is 4.78. The van der Waals surface area contributed by atoms with E-state index in [1.54, 1.807) is 18.5 Å². The van der Waals surface area contributed by atoms with Crippen LogP contribution in [0.5, 0.6) is 0 Å². The molecule has 0 spiro atoms. The highest BCUT2D eigenvalue weighted by molar-refractivity contribution is 7.15. The van der Waals surface area contributed by atoms with Crippen molar-refractivity contribution >= 4 is 23.0 Å². The van der Waals surface area contributed by atoms with Gasteiger partial charge in [-0.15, -0.1) is 11.3 Å². The summed E-state index contributed by atoms with van der Waals surface area (Å²) in [6, 6.07) is 14.6. The lowest BCUT2D eigenvalue weighted by Gasteiger charge is -2.21. The van der Waals surface area contributed by atoms with Gasteiger partial charge in [0.05, 0.1) is 11.4 Å². The number of hydrogen-bond donors (Lipinski definition) is 0. The average molecular weight is 403 g/mol. The Balaban J connectivity index is 1.61. The topological polar surface area (TPSA) is 67.9 Å². The number of anilines is 2. The Morgan fingerprint density at radius 3 is 2.14 bits per heavy atom. The number of rotatable bonds is 5. The van der Waals surface area contributed by atoms with E-state index in [2.05, 4.69) is 24.6 Å². The first kappa shape index (κ1) is 18.1. The van der Waals surface area contributed by atoms with Gasteiger partial charge in [-0.25, -0.2) is 9.97 Å². The number of nitrogens with zero attached hydrogens (tertiary/aromatic N) is 5. The maximum Gasteiger partial charge on any atom is 0.471 e. The lowest BCUT2D eigenvalue weighted by atomic mass is 10.3. The van der Waals surface area contributed by atoms with Gasteiger partial charge in [-0.3, -0.25) is 0 Å². The molecule has 0 aliphatic rings. The second kappa shape index (κ2) is 7.39. The zero-order chi connectivity index (χ0) is 19.6. The summed E-state index contributed by atoms with van der Waals surface area (Å²) < 4.78 is 42.3. The normalized spacial score (nSPS) is 11.5. The van der Waals surface area contributed by atoms with Crippen LogP contribution in [0.3, 0.4) is 0 Å². The summed E-state index contributed by atoms with van der Waals surface area (Å²) >= 11 is 1.28. The molecule has 0 unspecified atom stereocenters. The van der Waals surface area contributed by atoms with Gasteiger partial charge in [0.25, 0.3) is 0 Å². The molecular formula is C18H12F3N5OS. The molecule has 0 saturated carbocycles. The van der Waals surface area contributed by atoms with Crippen LogP contribution in [-0.2, 0) is 12.7 Å². The van der Waals surface area contributed by atoms with Crippen molar-refractivity contribution in [1.29, 1.82) is 0 Å². The monoisotopic (exact) mass is 403 g/mol. The maximum absolute atomic E-state index is 12.7. The molecule has 0 atom stereocenters. The molecule has 4 aromatic rings. The smallest absolute Gasteiger partial charge is 0.329 e. The zero-order valence-electron chi connectivity index (χ0n) is 14.2. The Labute approximate surface area is 161 Å². The standard InChI is InChI=1S/C18H12F3N5OS/c19-18(20,21)17-24-16(25-27-17)13-8-7-12(28-13)11-26(14-5-1-3-9-22-14)15-6-2-4-10-23-15/h1-10H,11H2. The predicted octanol–water partition coefficient (Wildman–Crippen LogP) is 4.95. The fraction of sp³-hybridized carbons (Fsp3) is 0.111. The molecule has 0 fully saturated rings. The number of alkyl halides is 3. The van der Waals surface area contributed by atoms with E-state index in [0.29, 0.717) is 23.1 Å². The average Bonchev–Trinajstić information content (AvgIpc) is 3.37. The Morgan fingerprint density at radius 2 is 1.61 bits per heavy atom. The molecule has 10 heteroatoms. The van der Waals surface area contributed by atoms with E-state index in [1.807, 2.05) is 47.4 Å². The summed E-state index contributed by atoms with van der Waals surface area (Å²) in [5, 5.41) is 3.43. The van der Waals surface area contributed by atoms with Crippen LogP contribution in [0.1, 0.15) is 10.8 Å². The van der Waals surface area contributed by atoms with Crippen molar-refractivity contribution in [1.82, 2.24) is 20.1 Å². The van der Waals surface area contributed by atoms with Crippen LogP contribution < -0.4 is 4.90 Å². The number of thiophene rings is 1. The Hall–Kier alpha value is -3.27. The van der Waals surface area contributed by atoms with Crippen molar-refractivity contribution < 1.29 is 17.7 Å². The van der Waals surface area contributed by atoms with E-state index in [0.717, 1.165) is 4.88 Å². The summed E-state index contributed by atoms with van der Waals surface area (Å²) in [5.41, 5.74) is 0. The molecule has 28 heavy (non-hydrogen) atoms. The highest BCUT2D eigenvalue weighted by atomic mass is 32.1. The second-order valence-corrected chi connectivity index (χ2v) is 6.82. The van der Waals surface area contributed by atoms with Crippen LogP contribution in [-0.4, -0.2) is 20.1 Å². The molecule has 6 nitrogen and oxygen atoms in total. The maximum atomic E-state index is 12.7. The minimum absolute atomic E-state index is 0.0919. The van der Waals surface area contributed by atoms with Crippen molar-refractivity contribution in [2.75, 3.05) is 4.90 Å². The SMILES string of the molecule is FC(F)(F)c1nc(-c2ccc(CN(c3ccccn3)c3ccccn3)s2)no1. The Morgan fingerprint density at radius 1 is 0.929 bits per heavy atom. The first-order chi connectivity index (χ1) is 13.5. The van der Waals surface area contributed by atoms with Crippen molar-refractivity contribution in [3.63, 3.8) is 0 Å². The molecule has 0 amide bonds. The molecule has 0 aliphatic carbocycles. The van der Waals surface area contributed by atoms with E-state index in [9.17, 15) is 13.2 Å². The van der Waals surface area contributed by atoms with E-state index in [4.69, 9.17) is 0 Å². The van der Waals surface area contributed by atoms with Crippen LogP contribution in [0.25, 0.3) is 10.7 Å². The third-order valence-electron chi connectivity index (χ3n) is 3.72. The van der Waals surface area contributed by atoms with Gasteiger partial charge < -0.3 is 9.42 Å². The summed E-state index contributed by atoms with van der Waals surface area (Å²) in [7, 11) is 0. The molecule has 0 aliphatic heterocycles. The molecule has 4 heterocycles. The van der Waals surface area contributed by atoms with E-state index in [1.165, 1.54) is 11.3 Å². The largest absolute Gasteiger partial charge is 0.471 e. The van der Waals surface area contributed by atoms with E-state index >= 15 is 0 Å². The fourth-order valence-electron chi connectivity index (χ4n) is 2.48. The van der Waals surface area contributed by atoms with Gasteiger partial charge in [-0.1, -0.05) is 17.3 Å². The molecule has 142 valence electrons. The summed E-state index contributed by atoms with van der Waals surface area (Å²) in [5.74, 6) is -0.0445. The Bertz CT molecular complexity index is 1010. The molecule has 4 rings (SSSR count). The number of pyridine rings is 2. The van der Waals surface area contributed by atoms with Gasteiger partial charge in [0, 0.05) is 17.3 Å². The van der Waals surface area contributed by atoms with Crippen molar-refractivity contribution in [3.05, 3.63) is 71.7 Å². The minimum Gasteiger partial charge on any atom is -0.329 e. The highest BCUT2D eigenvalue weighted by Gasteiger charge is 2.38. The van der Waals surface area contributed by atoms with Gasteiger partial charge in [-0.2, -0.15) is 18.2 Å². The summed E-state index contributed by atoms with van der Waals surface area (Å²) in [6.07, 6.45) is -1.30. The van der Waals surface area contributed by atoms with Crippen molar-refractivity contribution in [2.24, 2.45) is 0 Å². The molecule has 0 radical (unpaired) electrons. The van der Waals surface area contributed by atoms with Gasteiger partial charge >= 0.3 is 12.1 Å². The second-order valence-electron chi connectivity index (χ2n) is 5.65. The lowest BCUT2D eigenvalue weighted by Crippen LogP contribution is -2.17. The van der Waals surface area contributed by atoms with Crippen LogP contribution in [0.4, 0.5) is 24.8 Å². The number of hydrogen-bond acceptors (Lipinski definition) is 7. The van der Waals surface area contributed by atoms with Crippen molar-refractivity contribution in [3.8, 4) is 10.7 Å². The highest BCUT2D eigenvalue weighted by Crippen LogP contribution is 2.33. The summed E-state index contributed by atoms with van der Waals surface area (Å²) in [6.45, 7) is 0.433. The van der Waals surface area contributed by atoms with Gasteiger partial charge in [-0.05, 0) is 36.4 Å². The molecule has 4 aromatic heterocycles. The number of aromatic nitrogens is 4. The van der Waals surface area contributed by atoms with Crippen LogP contribution >= 0.6 is 11.3 Å². The third-order valence-corrected chi connectivity index (χ3v) is 4.78. The van der Waals surface area contributed by atoms with Crippen LogP contribution in [0, 0.1) is 0 Å². The molecule has 0 aromatic carbocycles. The van der Waals surface area contributed by atoms with Gasteiger partial charge in [0.1, 0.15) is 11.6 Å². The molecule has 0 bridgehead atoms.